The summed E-state index contributed by atoms with van der Waals surface area (Å²) in [5, 5.41) is 2.82. The molecule has 1 amide bonds. The Hall–Kier alpha value is -1.42. The fourth-order valence-electron chi connectivity index (χ4n) is 1.42. The molecule has 0 radical (unpaired) electrons. The molecule has 0 aromatic carbocycles. The normalized spacial score (nSPS) is 20.7. The first kappa shape index (κ1) is 9.15. The zero-order valence-electron chi connectivity index (χ0n) is 7.77. The fourth-order valence-corrected chi connectivity index (χ4v) is 1.42. The standard InChI is InChI=1S/C10H12N2O2/c13-10(8-3-6-14-7-8)12-9-1-4-11-5-2-9/h1-2,4-5,8H,3,6-7H2,(H,11,12,13). The van der Waals surface area contributed by atoms with Gasteiger partial charge in [0, 0.05) is 24.7 Å². The summed E-state index contributed by atoms with van der Waals surface area (Å²) in [4.78, 5) is 15.5. The molecule has 1 atom stereocenters. The van der Waals surface area contributed by atoms with E-state index in [-0.39, 0.29) is 11.8 Å². The summed E-state index contributed by atoms with van der Waals surface area (Å²) in [5.74, 6) is 0.0388. The number of nitrogens with zero attached hydrogens (tertiary/aromatic N) is 1. The predicted octanol–water partition coefficient (Wildman–Crippen LogP) is 1.06. The molecule has 4 heteroatoms. The van der Waals surface area contributed by atoms with Gasteiger partial charge in [0.15, 0.2) is 0 Å². The van der Waals surface area contributed by atoms with Gasteiger partial charge >= 0.3 is 0 Å². The molecule has 0 spiro atoms. The number of aromatic nitrogens is 1. The van der Waals surface area contributed by atoms with Crippen LogP contribution in [-0.2, 0) is 9.53 Å². The average molecular weight is 192 g/mol. The first-order valence-corrected chi connectivity index (χ1v) is 4.65. The van der Waals surface area contributed by atoms with Crippen molar-refractivity contribution in [2.24, 2.45) is 5.92 Å². The molecule has 2 heterocycles. The molecular weight excluding hydrogens is 180 g/mol. The highest BCUT2D eigenvalue weighted by molar-refractivity contribution is 5.92. The third kappa shape index (κ3) is 2.09. The molecule has 4 nitrogen and oxygen atoms in total. The van der Waals surface area contributed by atoms with Crippen molar-refractivity contribution in [2.75, 3.05) is 18.5 Å². The number of nitrogens with one attached hydrogen (secondary N) is 1. The van der Waals surface area contributed by atoms with Crippen molar-refractivity contribution < 1.29 is 9.53 Å². The summed E-state index contributed by atoms with van der Waals surface area (Å²) in [6.07, 6.45) is 4.12. The highest BCUT2D eigenvalue weighted by Gasteiger charge is 2.23. The second-order valence-electron chi connectivity index (χ2n) is 3.29. The molecule has 0 aliphatic carbocycles. The van der Waals surface area contributed by atoms with Crippen LogP contribution in [0.3, 0.4) is 0 Å². The number of ether oxygens (including phenoxy) is 1. The van der Waals surface area contributed by atoms with Gasteiger partial charge in [0.1, 0.15) is 0 Å². The number of carbonyl (C=O) groups is 1. The maximum atomic E-state index is 11.6. The molecule has 74 valence electrons. The minimum absolute atomic E-state index is 0.00293. The maximum Gasteiger partial charge on any atom is 0.229 e. The van der Waals surface area contributed by atoms with Crippen LogP contribution in [0.1, 0.15) is 6.42 Å². The monoisotopic (exact) mass is 192 g/mol. The Labute approximate surface area is 82.3 Å². The minimum atomic E-state index is 0.00293. The Morgan fingerprint density at radius 3 is 2.93 bits per heavy atom. The van der Waals surface area contributed by atoms with Crippen LogP contribution in [0.25, 0.3) is 0 Å². The van der Waals surface area contributed by atoms with E-state index in [1.54, 1.807) is 24.5 Å². The molecule has 2 rings (SSSR count). The quantitative estimate of drug-likeness (QED) is 0.762. The highest BCUT2D eigenvalue weighted by atomic mass is 16.5. The number of pyridine rings is 1. The summed E-state index contributed by atoms with van der Waals surface area (Å²) < 4.78 is 5.14. The van der Waals surface area contributed by atoms with Crippen molar-refractivity contribution in [2.45, 2.75) is 6.42 Å². The zero-order chi connectivity index (χ0) is 9.80. The lowest BCUT2D eigenvalue weighted by Gasteiger charge is -2.08. The van der Waals surface area contributed by atoms with Crippen LogP contribution in [-0.4, -0.2) is 24.1 Å². The highest BCUT2D eigenvalue weighted by Crippen LogP contribution is 2.15. The number of anilines is 1. The molecule has 1 aromatic rings. The van der Waals surface area contributed by atoms with E-state index in [1.165, 1.54) is 0 Å². The number of carbonyl (C=O) groups excluding carboxylic acids is 1. The van der Waals surface area contributed by atoms with E-state index in [1.807, 2.05) is 0 Å². The molecule has 1 aliphatic heterocycles. The maximum absolute atomic E-state index is 11.6. The minimum Gasteiger partial charge on any atom is -0.381 e. The van der Waals surface area contributed by atoms with Crippen LogP contribution in [0.15, 0.2) is 24.5 Å². The van der Waals surface area contributed by atoms with Crippen LogP contribution < -0.4 is 5.32 Å². The summed E-state index contributed by atoms with van der Waals surface area (Å²) in [5.41, 5.74) is 0.789. The van der Waals surface area contributed by atoms with Crippen molar-refractivity contribution in [3.05, 3.63) is 24.5 Å². The topological polar surface area (TPSA) is 51.2 Å². The first-order chi connectivity index (χ1) is 6.86. The fraction of sp³-hybridized carbons (Fsp3) is 0.400. The van der Waals surface area contributed by atoms with E-state index in [0.717, 1.165) is 12.1 Å². The second-order valence-corrected chi connectivity index (χ2v) is 3.29. The SMILES string of the molecule is O=C(Nc1ccncc1)C1CCOC1. The lowest BCUT2D eigenvalue weighted by Crippen LogP contribution is -2.22. The molecule has 1 fully saturated rings. The number of amides is 1. The molecule has 0 bridgehead atoms. The Balaban J connectivity index is 1.94. The van der Waals surface area contributed by atoms with Gasteiger partial charge in [-0.3, -0.25) is 9.78 Å². The van der Waals surface area contributed by atoms with Crippen LogP contribution in [0.5, 0.6) is 0 Å². The smallest absolute Gasteiger partial charge is 0.229 e. The van der Waals surface area contributed by atoms with Gasteiger partial charge in [-0.1, -0.05) is 0 Å². The van der Waals surface area contributed by atoms with Crippen molar-refractivity contribution in [3.8, 4) is 0 Å². The lowest BCUT2D eigenvalue weighted by atomic mass is 10.1. The molecule has 1 aliphatic rings. The van der Waals surface area contributed by atoms with E-state index in [0.29, 0.717) is 13.2 Å². The molecule has 1 aromatic heterocycles. The summed E-state index contributed by atoms with van der Waals surface area (Å²) in [7, 11) is 0. The molecule has 1 unspecified atom stereocenters. The van der Waals surface area contributed by atoms with Gasteiger partial charge in [0.05, 0.1) is 12.5 Å². The Kier molecular flexibility index (Phi) is 2.74. The summed E-state index contributed by atoms with van der Waals surface area (Å²) in [6.45, 7) is 1.23. The van der Waals surface area contributed by atoms with Gasteiger partial charge in [-0.2, -0.15) is 0 Å². The van der Waals surface area contributed by atoms with Gasteiger partial charge in [-0.25, -0.2) is 0 Å². The van der Waals surface area contributed by atoms with E-state index >= 15 is 0 Å². The zero-order valence-corrected chi connectivity index (χ0v) is 7.77. The van der Waals surface area contributed by atoms with Crippen molar-refractivity contribution >= 4 is 11.6 Å². The van der Waals surface area contributed by atoms with E-state index in [9.17, 15) is 4.79 Å². The van der Waals surface area contributed by atoms with Gasteiger partial charge in [-0.05, 0) is 18.6 Å². The largest absolute Gasteiger partial charge is 0.381 e. The van der Waals surface area contributed by atoms with E-state index in [4.69, 9.17) is 4.74 Å². The third-order valence-electron chi connectivity index (χ3n) is 2.25. The number of hydrogen-bond donors (Lipinski definition) is 1. The van der Waals surface area contributed by atoms with Crippen LogP contribution >= 0.6 is 0 Å². The number of hydrogen-bond acceptors (Lipinski definition) is 3. The van der Waals surface area contributed by atoms with Crippen LogP contribution in [0.2, 0.25) is 0 Å². The molecule has 14 heavy (non-hydrogen) atoms. The Morgan fingerprint density at radius 2 is 2.29 bits per heavy atom. The van der Waals surface area contributed by atoms with Crippen molar-refractivity contribution in [1.82, 2.24) is 4.98 Å². The van der Waals surface area contributed by atoms with E-state index in [2.05, 4.69) is 10.3 Å². The lowest BCUT2D eigenvalue weighted by molar-refractivity contribution is -0.119. The van der Waals surface area contributed by atoms with Gasteiger partial charge in [-0.15, -0.1) is 0 Å². The number of rotatable bonds is 2. The summed E-state index contributed by atoms with van der Waals surface area (Å²) in [6, 6.07) is 3.54. The van der Waals surface area contributed by atoms with Gasteiger partial charge in [0.2, 0.25) is 5.91 Å². The second kappa shape index (κ2) is 4.19. The molecule has 0 saturated carbocycles. The first-order valence-electron chi connectivity index (χ1n) is 4.65. The van der Waals surface area contributed by atoms with Gasteiger partial charge < -0.3 is 10.1 Å². The Bertz CT molecular complexity index is 307. The Morgan fingerprint density at radius 1 is 1.50 bits per heavy atom. The average Bonchev–Trinajstić information content (AvgIpc) is 2.72. The molecule has 1 saturated heterocycles. The predicted molar refractivity (Wildman–Crippen MR) is 51.8 cm³/mol. The molecule has 1 N–H and O–H groups in total. The van der Waals surface area contributed by atoms with Crippen molar-refractivity contribution in [1.29, 1.82) is 0 Å². The van der Waals surface area contributed by atoms with E-state index < -0.39 is 0 Å². The third-order valence-corrected chi connectivity index (χ3v) is 2.25. The van der Waals surface area contributed by atoms with Gasteiger partial charge in [0.25, 0.3) is 0 Å². The van der Waals surface area contributed by atoms with Crippen LogP contribution in [0, 0.1) is 5.92 Å². The van der Waals surface area contributed by atoms with Crippen LogP contribution in [0.4, 0.5) is 5.69 Å². The summed E-state index contributed by atoms with van der Waals surface area (Å²) >= 11 is 0. The molecular formula is C10H12N2O2. The van der Waals surface area contributed by atoms with Crippen molar-refractivity contribution in [3.63, 3.8) is 0 Å².